The minimum atomic E-state index is -0.421. The van der Waals surface area contributed by atoms with Crippen LogP contribution in [0.25, 0.3) is 67.2 Å². The van der Waals surface area contributed by atoms with Gasteiger partial charge in [-0.1, -0.05) is 96.9 Å². The Hall–Kier alpha value is -5.09. The molecule has 174 valence electrons. The molecule has 0 unspecified atom stereocenters. The largest absolute Gasteiger partial charge is 0.456 e. The molecule has 37 heavy (non-hydrogen) atoms. The second-order valence-electron chi connectivity index (χ2n) is 8.56. The first kappa shape index (κ1) is 16.6. The Morgan fingerprint density at radius 3 is 1.70 bits per heavy atom. The summed E-state index contributed by atoms with van der Waals surface area (Å²) >= 11 is 0. The maximum Gasteiger partial charge on any atom is 0.164 e. The van der Waals surface area contributed by atoms with Crippen molar-refractivity contribution in [2.24, 2.45) is 0 Å². The molecule has 0 amide bonds. The summed E-state index contributed by atoms with van der Waals surface area (Å²) in [6.07, 6.45) is 0. The highest BCUT2D eigenvalue weighted by Gasteiger charge is 2.15. The number of hydrogen-bond donors (Lipinski definition) is 0. The first-order valence-electron chi connectivity index (χ1n) is 14.3. The van der Waals surface area contributed by atoms with E-state index in [0.717, 1.165) is 27.5 Å². The average Bonchev–Trinajstić information content (AvgIpc) is 3.41. The van der Waals surface area contributed by atoms with Gasteiger partial charge in [-0.05, 0) is 41.5 Å². The van der Waals surface area contributed by atoms with Gasteiger partial charge in [0.2, 0.25) is 0 Å². The second kappa shape index (κ2) is 8.85. The quantitative estimate of drug-likeness (QED) is 0.254. The van der Waals surface area contributed by atoms with Crippen LogP contribution in [0.15, 0.2) is 132 Å². The highest BCUT2D eigenvalue weighted by molar-refractivity contribution is 6.07. The molecule has 7 rings (SSSR count). The van der Waals surface area contributed by atoms with Crippen molar-refractivity contribution in [1.29, 1.82) is 0 Å². The van der Waals surface area contributed by atoms with Gasteiger partial charge in [-0.3, -0.25) is 0 Å². The highest BCUT2D eigenvalue weighted by Crippen LogP contribution is 2.35. The third-order valence-corrected chi connectivity index (χ3v) is 6.22. The Balaban J connectivity index is 1.38. The fourth-order valence-corrected chi connectivity index (χ4v) is 4.40. The maximum absolute atomic E-state index is 8.35. The van der Waals surface area contributed by atoms with E-state index >= 15 is 0 Å². The summed E-state index contributed by atoms with van der Waals surface area (Å²) in [6.45, 7) is 0. The van der Waals surface area contributed by atoms with Gasteiger partial charge in [-0.2, -0.15) is 0 Å². The SMILES string of the molecule is [2H]c1c([2H])c([2H])c(-c2ccc3c(c2)oc2ccc(-c4nc(-c5ccccc5)nc(-c5ccccc5)n4)cc23)c([2H])c1[2H]. The molecule has 0 N–H and O–H groups in total. The first-order valence-corrected chi connectivity index (χ1v) is 11.8. The Morgan fingerprint density at radius 1 is 0.459 bits per heavy atom. The van der Waals surface area contributed by atoms with Gasteiger partial charge in [0.1, 0.15) is 11.2 Å². The van der Waals surface area contributed by atoms with Crippen molar-refractivity contribution in [3.63, 3.8) is 0 Å². The topological polar surface area (TPSA) is 51.8 Å². The molecule has 0 aliphatic rings. The van der Waals surface area contributed by atoms with Crippen LogP contribution < -0.4 is 0 Å². The van der Waals surface area contributed by atoms with Crippen molar-refractivity contribution in [3.8, 4) is 45.3 Å². The van der Waals surface area contributed by atoms with Crippen molar-refractivity contribution < 1.29 is 11.3 Å². The lowest BCUT2D eigenvalue weighted by Gasteiger charge is -2.08. The van der Waals surface area contributed by atoms with E-state index < -0.39 is 6.04 Å². The van der Waals surface area contributed by atoms with Crippen LogP contribution in [-0.4, -0.2) is 15.0 Å². The molecule has 0 aliphatic heterocycles. The van der Waals surface area contributed by atoms with Crippen LogP contribution in [0.1, 0.15) is 6.85 Å². The summed E-state index contributed by atoms with van der Waals surface area (Å²) in [5, 5.41) is 1.67. The number of rotatable bonds is 4. The minimum Gasteiger partial charge on any atom is -0.456 e. The standard InChI is InChI=1S/C33H21N3O/c1-4-10-22(11-5-1)25-16-18-27-28-20-26(17-19-29(28)37-30(27)21-25)33-35-31(23-12-6-2-7-13-23)34-32(36-33)24-14-8-3-9-15-24/h1-21H/i1D,4D,5D,10D,11D. The van der Waals surface area contributed by atoms with E-state index in [1.54, 1.807) is 12.1 Å². The molecular weight excluding hydrogens is 454 g/mol. The van der Waals surface area contributed by atoms with Crippen LogP contribution in [0, 0.1) is 0 Å². The summed E-state index contributed by atoms with van der Waals surface area (Å²) in [5.74, 6) is 1.66. The molecule has 0 fully saturated rings. The second-order valence-corrected chi connectivity index (χ2v) is 8.56. The third kappa shape index (κ3) is 3.95. The summed E-state index contributed by atoms with van der Waals surface area (Å²) in [4.78, 5) is 14.4. The molecule has 5 aromatic carbocycles. The van der Waals surface area contributed by atoms with Crippen molar-refractivity contribution in [3.05, 3.63) is 127 Å². The number of benzene rings is 5. The van der Waals surface area contributed by atoms with Crippen molar-refractivity contribution >= 4 is 21.9 Å². The van der Waals surface area contributed by atoms with Gasteiger partial charge >= 0.3 is 0 Å². The van der Waals surface area contributed by atoms with Crippen LogP contribution >= 0.6 is 0 Å². The zero-order chi connectivity index (χ0) is 29.0. The maximum atomic E-state index is 8.35. The van der Waals surface area contributed by atoms with Crippen molar-refractivity contribution in [2.45, 2.75) is 0 Å². The lowest BCUT2D eigenvalue weighted by Crippen LogP contribution is -2.00. The fourth-order valence-electron chi connectivity index (χ4n) is 4.40. The molecule has 0 spiro atoms. The Labute approximate surface area is 221 Å². The molecule has 2 heterocycles. The van der Waals surface area contributed by atoms with E-state index in [0.29, 0.717) is 34.2 Å². The molecule has 0 saturated heterocycles. The third-order valence-electron chi connectivity index (χ3n) is 6.22. The van der Waals surface area contributed by atoms with Crippen LogP contribution in [0.3, 0.4) is 0 Å². The van der Waals surface area contributed by atoms with E-state index in [1.807, 2.05) is 84.9 Å². The molecule has 4 heteroatoms. The van der Waals surface area contributed by atoms with Gasteiger partial charge in [0.05, 0.1) is 6.85 Å². The Bertz CT molecular complexity index is 2060. The monoisotopic (exact) mass is 480 g/mol. The normalized spacial score (nSPS) is 13.1. The molecular formula is C33H21N3O. The minimum absolute atomic E-state index is 0.135. The lowest BCUT2D eigenvalue weighted by molar-refractivity contribution is 0.669. The Kier molecular flexibility index (Phi) is 3.96. The van der Waals surface area contributed by atoms with Gasteiger partial charge in [-0.15, -0.1) is 0 Å². The van der Waals surface area contributed by atoms with Gasteiger partial charge in [0.25, 0.3) is 0 Å². The molecule has 0 bridgehead atoms. The van der Waals surface area contributed by atoms with Gasteiger partial charge in [0.15, 0.2) is 17.5 Å². The number of aromatic nitrogens is 3. The number of hydrogen-bond acceptors (Lipinski definition) is 4. The van der Waals surface area contributed by atoms with Crippen LogP contribution in [-0.2, 0) is 0 Å². The van der Waals surface area contributed by atoms with E-state index in [9.17, 15) is 0 Å². The highest BCUT2D eigenvalue weighted by atomic mass is 16.3. The van der Waals surface area contributed by atoms with Crippen LogP contribution in [0.4, 0.5) is 0 Å². The van der Waals surface area contributed by atoms with Gasteiger partial charge in [0, 0.05) is 27.5 Å². The smallest absolute Gasteiger partial charge is 0.164 e. The summed E-state index contributed by atoms with van der Waals surface area (Å²) < 4.78 is 46.8. The molecule has 4 nitrogen and oxygen atoms in total. The number of furan rings is 1. The van der Waals surface area contributed by atoms with Crippen LogP contribution in [0.2, 0.25) is 0 Å². The average molecular weight is 481 g/mol. The summed E-state index contributed by atoms with van der Waals surface area (Å²) in [6, 6.07) is 28.9. The number of nitrogens with zero attached hydrogens (tertiary/aromatic N) is 3. The van der Waals surface area contributed by atoms with E-state index in [-0.39, 0.29) is 29.7 Å². The summed E-state index contributed by atoms with van der Waals surface area (Å²) in [7, 11) is 0. The summed E-state index contributed by atoms with van der Waals surface area (Å²) in [5.41, 5.74) is 4.36. The van der Waals surface area contributed by atoms with Crippen molar-refractivity contribution in [2.75, 3.05) is 0 Å². The molecule has 0 saturated carbocycles. The van der Waals surface area contributed by atoms with E-state index in [4.69, 9.17) is 26.2 Å². The first-order chi connectivity index (χ1) is 20.4. The molecule has 0 atom stereocenters. The molecule has 2 aromatic heterocycles. The van der Waals surface area contributed by atoms with Gasteiger partial charge < -0.3 is 4.42 Å². The lowest BCUT2D eigenvalue weighted by atomic mass is 10.0. The Morgan fingerprint density at radius 2 is 1.05 bits per heavy atom. The van der Waals surface area contributed by atoms with E-state index in [1.165, 1.54) is 0 Å². The van der Waals surface area contributed by atoms with Crippen LogP contribution in [0.5, 0.6) is 0 Å². The predicted molar refractivity (Wildman–Crippen MR) is 149 cm³/mol. The molecule has 0 radical (unpaired) electrons. The van der Waals surface area contributed by atoms with Crippen molar-refractivity contribution in [1.82, 2.24) is 15.0 Å². The fraction of sp³-hybridized carbons (Fsp3) is 0. The molecule has 0 aliphatic carbocycles. The predicted octanol–water partition coefficient (Wildman–Crippen LogP) is 8.44. The number of fused-ring (bicyclic) bond motifs is 3. The zero-order valence-corrected chi connectivity index (χ0v) is 19.5. The van der Waals surface area contributed by atoms with E-state index in [2.05, 4.69) is 0 Å². The van der Waals surface area contributed by atoms with Gasteiger partial charge in [-0.25, -0.2) is 15.0 Å². The molecule has 7 aromatic rings. The zero-order valence-electron chi connectivity index (χ0n) is 24.5.